The van der Waals surface area contributed by atoms with Crippen molar-refractivity contribution < 1.29 is 135 Å². The number of nitrogens with one attached hydrogen (secondary N) is 6. The molecule has 15 N–H and O–H groups in total. The molecule has 766 valence electrons. The van der Waals surface area contributed by atoms with E-state index < -0.39 is 185 Å². The van der Waals surface area contributed by atoms with Crippen molar-refractivity contribution in [2.24, 2.45) is 46.5 Å². The predicted molar refractivity (Wildman–Crippen MR) is 527 cm³/mol. The first-order chi connectivity index (χ1) is 65.9. The zero-order valence-electron chi connectivity index (χ0n) is 81.7. The molecule has 0 bridgehead atoms. The average Bonchev–Trinajstić information content (AvgIpc) is 1.49. The normalized spacial score (nSPS) is 29.5. The van der Waals surface area contributed by atoms with Crippen LogP contribution in [0.25, 0.3) is 0 Å². The van der Waals surface area contributed by atoms with E-state index in [1.165, 1.54) is 42.3 Å². The van der Waals surface area contributed by atoms with Crippen LogP contribution in [0.5, 0.6) is 17.2 Å². The van der Waals surface area contributed by atoms with Gasteiger partial charge in [-0.15, -0.1) is 0 Å². The summed E-state index contributed by atoms with van der Waals surface area (Å²) >= 11 is 2.79. The lowest BCUT2D eigenvalue weighted by Crippen LogP contribution is -2.69. The zero-order valence-corrected chi connectivity index (χ0v) is 86.3. The number of hydrogen-bond acceptors (Lipinski definition) is 33. The van der Waals surface area contributed by atoms with Crippen molar-refractivity contribution in [1.82, 2.24) is 26.3 Å². The molecule has 4 heterocycles. The second-order valence-electron chi connectivity index (χ2n) is 37.4. The number of ketones is 4. The number of ether oxygens (including phenoxy) is 12. The second kappa shape index (κ2) is 51.4. The number of benzene rings is 3. The third kappa shape index (κ3) is 28.3. The summed E-state index contributed by atoms with van der Waals surface area (Å²) in [7, 11) is 8.70. The van der Waals surface area contributed by atoms with Gasteiger partial charge in [-0.1, -0.05) is 128 Å². The van der Waals surface area contributed by atoms with E-state index in [4.69, 9.17) is 73.1 Å². The Balaban J connectivity index is 0.797. The minimum Gasteiger partial charge on any atom is -0.492 e. The highest BCUT2D eigenvalue weighted by Crippen LogP contribution is 2.70. The molecule has 1 spiro atoms. The molecule has 0 radical (unpaired) electrons. The molecule has 0 aromatic heterocycles. The van der Waals surface area contributed by atoms with Crippen LogP contribution in [0.1, 0.15) is 181 Å². The van der Waals surface area contributed by atoms with E-state index in [2.05, 4.69) is 76.5 Å². The first kappa shape index (κ1) is 113. The number of hydrogen-bond donors (Lipinski definition) is 13. The highest BCUT2D eigenvalue weighted by Gasteiger charge is 2.78. The molecule has 3 aromatic rings. The summed E-state index contributed by atoms with van der Waals surface area (Å²) in [4.78, 5) is 143. The molecule has 25 atom stereocenters. The number of aliphatic hydroxyl groups is 5. The maximum Gasteiger partial charge on any atom is 0.407 e. The van der Waals surface area contributed by atoms with Gasteiger partial charge in [-0.25, -0.2) is 14.4 Å². The van der Waals surface area contributed by atoms with Gasteiger partial charge in [0.25, 0.3) is 0 Å². The number of anilines is 2. The number of likely N-dealkylation sites (N-methyl/N-ethyl adjacent to an activating group) is 1. The van der Waals surface area contributed by atoms with Gasteiger partial charge in [-0.3, -0.25) is 28.8 Å². The van der Waals surface area contributed by atoms with Gasteiger partial charge < -0.3 is 135 Å². The van der Waals surface area contributed by atoms with E-state index in [1.807, 2.05) is 28.7 Å². The SMILES string of the molecule is CCN(C(=O)Nc1ccc(CNC(=O)OCc2ccc(NC(=O)[C@@H](CCCNC(N)=O)CC(=O)C(NC(=O)[C@@H](CCCCN)CC(C)=O)C(C)C)cc2)cc1)[C@H]1CO[C@@H](O[C@H]2[C@H](O[C@H]3C#C/C=C(/C)C#CC45C(CC(C)=O)C(=O)C[C@]4(O)/C(=C/CSSC(C)(C)C)C35)O[C@H](C)[C@@H](NO[C@H]3C[C@H](O)[C@H](SC(=O)c4c(C)c(I)c(O[C@@H]5O[C@@H](C)[C@H](O)[C@@H](OC)[C@H]5O)c(OC)c4OC)[C@@H](C)O3)[C@@H]2O)C[C@@H]1OC. The molecule has 3 aliphatic carbocycles. The van der Waals surface area contributed by atoms with Crippen LogP contribution in [-0.4, -0.2) is 275 Å². The van der Waals surface area contributed by atoms with Gasteiger partial charge in [0.15, 0.2) is 36.2 Å². The van der Waals surface area contributed by atoms with Crippen LogP contribution >= 0.6 is 55.9 Å². The number of alkyl carbamates (subject to hydrolysis) is 1. The summed E-state index contributed by atoms with van der Waals surface area (Å²) in [6.07, 6.45) is -14.2. The number of nitrogens with zero attached hydrogens (tertiary/aromatic N) is 1. The molecule has 37 nitrogen and oxygen atoms in total. The molecule has 7 amide bonds. The maximum absolute atomic E-state index is 14.7. The van der Waals surface area contributed by atoms with Crippen LogP contribution in [0, 0.1) is 69.2 Å². The number of hydroxylamine groups is 1. The molecule has 7 aliphatic rings. The monoisotopic (exact) mass is 2110 g/mol. The number of nitrogens with two attached hydrogens (primary N) is 2. The number of amides is 7. The quantitative estimate of drug-likeness (QED) is 0.00627. The Labute approximate surface area is 837 Å². The van der Waals surface area contributed by atoms with Crippen molar-refractivity contribution in [3.63, 3.8) is 0 Å². The van der Waals surface area contributed by atoms with E-state index >= 15 is 0 Å². The number of carbonyl (C=O) groups excluding carboxylic acids is 10. The Morgan fingerprint density at radius 2 is 1.43 bits per heavy atom. The van der Waals surface area contributed by atoms with E-state index in [9.17, 15) is 73.5 Å². The summed E-state index contributed by atoms with van der Waals surface area (Å²) in [5, 5.41) is 72.6. The molecule has 3 aromatic carbocycles. The van der Waals surface area contributed by atoms with Crippen molar-refractivity contribution in [1.29, 1.82) is 0 Å². The number of allylic oxidation sites excluding steroid dienone is 2. The van der Waals surface area contributed by atoms with Crippen LogP contribution in [0.15, 0.2) is 71.8 Å². The summed E-state index contributed by atoms with van der Waals surface area (Å²) in [6, 6.07) is 9.17. The predicted octanol–water partition coefficient (Wildman–Crippen LogP) is 8.91. The topological polar surface area (TPSA) is 519 Å². The number of primary amides is 1. The molecular formula is C98H136IN9O28S3. The minimum absolute atomic E-state index is 0.00456. The lowest BCUT2D eigenvalue weighted by molar-refractivity contribution is -0.343. The fraction of sp³-hybridized carbons (Fsp3) is 0.633. The first-order valence-corrected chi connectivity index (χ1v) is 51.1. The lowest BCUT2D eigenvalue weighted by Gasteiger charge is -2.60. The van der Waals surface area contributed by atoms with Crippen LogP contribution in [0.2, 0.25) is 0 Å². The number of halogens is 1. The Kier molecular flexibility index (Phi) is 41.7. The molecule has 10 rings (SSSR count). The molecule has 4 aliphatic heterocycles. The molecule has 2 saturated carbocycles. The number of methoxy groups -OCH3 is 4. The third-order valence-electron chi connectivity index (χ3n) is 25.8. The van der Waals surface area contributed by atoms with Gasteiger partial charge in [0.05, 0.1) is 89.3 Å². The fourth-order valence-electron chi connectivity index (χ4n) is 18.6. The molecule has 139 heavy (non-hydrogen) atoms. The van der Waals surface area contributed by atoms with E-state index in [0.717, 1.165) is 11.8 Å². The number of carbonyl (C=O) groups is 10. The van der Waals surface area contributed by atoms with Gasteiger partial charge in [-0.05, 0) is 169 Å². The van der Waals surface area contributed by atoms with Crippen LogP contribution in [-0.2, 0) is 89.4 Å². The van der Waals surface area contributed by atoms with E-state index in [-0.39, 0.29) is 134 Å². The molecular weight excluding hydrogens is 1970 g/mol. The van der Waals surface area contributed by atoms with Crippen molar-refractivity contribution in [3.8, 4) is 40.9 Å². The number of unbranched alkanes of at least 4 members (excludes halogenated alkanes) is 1. The lowest BCUT2D eigenvalue weighted by atomic mass is 9.44. The van der Waals surface area contributed by atoms with Gasteiger partial charge >= 0.3 is 18.2 Å². The van der Waals surface area contributed by atoms with Crippen molar-refractivity contribution in [2.45, 2.75) is 300 Å². The molecule has 4 unspecified atom stereocenters. The highest BCUT2D eigenvalue weighted by molar-refractivity contribution is 14.1. The zero-order chi connectivity index (χ0) is 102. The Hall–Kier alpha value is -8.10. The van der Waals surface area contributed by atoms with Crippen molar-refractivity contribution in [3.05, 3.63) is 97.7 Å². The summed E-state index contributed by atoms with van der Waals surface area (Å²) in [5.74, 6) is 7.32. The van der Waals surface area contributed by atoms with Gasteiger partial charge in [-0.2, -0.15) is 5.48 Å². The Morgan fingerprint density at radius 1 is 0.763 bits per heavy atom. The molecule has 4 saturated heterocycles. The van der Waals surface area contributed by atoms with Crippen LogP contribution in [0.3, 0.4) is 0 Å². The van der Waals surface area contributed by atoms with Crippen LogP contribution < -0.4 is 57.7 Å². The van der Waals surface area contributed by atoms with Crippen LogP contribution in [0.4, 0.5) is 25.8 Å². The Bertz CT molecular complexity index is 5000. The van der Waals surface area contributed by atoms with Crippen molar-refractivity contribution in [2.75, 3.05) is 71.1 Å². The number of rotatable bonds is 45. The summed E-state index contributed by atoms with van der Waals surface area (Å²) < 4.78 is 75.0. The smallest absolute Gasteiger partial charge is 0.407 e. The van der Waals surface area contributed by atoms with Crippen molar-refractivity contribution >= 4 is 126 Å². The number of aliphatic hydroxyl groups excluding tert-OH is 4. The number of thioether (sulfide) groups is 1. The standard InChI is InChI=1S/C98H136IN9O28S3/c1-18-108(94(121)105-63-31-27-58(28-32-63)47-103-95(122)129-48-59-29-33-62(34-30-59)104-88(117)61(25-22-39-102-93(101)120)43-67(111)77(50(2)3)106-89(118)60(41-52(5)109)24-19-20-38-100)66-49-128-72(45-71(66)124-14)134-85-80(115)78(55(8)131-92(85)133-70-26-21-23-51(4)35-37-97-65(42-53(6)110)69(113)46-98(97,123)64(75(70)97)36-40-137-139-96(11,12)13)107-136-73-44-68(112)87(57(10)130-73)138-90(119)74-54(7)76(99)83(86(127-17)82(74)125-15)135-91-81(116)84(126-16)79(114)56(9)132-91/h23,27-34,36,50,55-57,60-61,65-66,68,70-73,75,77-81,84-85,87,91-92,107,112,114-116,123H,18-20,22,24-25,38-49,100H2,1-17H3,(H,103,122)(H,104,117)(H,105,121)(H,106,118)(H3,101,102,120)/b51-23-,64-36+/t55-,56+,57-,60+,61+,65?,66+,68+,70+,71+,72+,73+,75?,77?,78-,79+,80+,81-,84-,85-,87-,91+,92+,97?,98+/m1/s1. The first-order valence-electron chi connectivity index (χ1n) is 46.8. The second-order valence-corrected chi connectivity index (χ2v) is 42.8. The minimum atomic E-state index is -1.84. The van der Waals surface area contributed by atoms with Gasteiger partial charge in [0.1, 0.15) is 66.2 Å². The maximum atomic E-state index is 14.7. The van der Waals surface area contributed by atoms with Gasteiger partial charge in [0.2, 0.25) is 29.0 Å². The molecule has 6 fully saturated rings. The average molecular weight is 2110 g/mol. The van der Waals surface area contributed by atoms with E-state index in [0.29, 0.717) is 80.8 Å². The fourth-order valence-corrected chi connectivity index (χ4v) is 22.5. The van der Waals surface area contributed by atoms with E-state index in [1.54, 1.807) is 136 Å². The van der Waals surface area contributed by atoms with Gasteiger partial charge in [0, 0.05) is 123 Å². The third-order valence-corrected chi connectivity index (χ3v) is 31.7. The number of urea groups is 2. The highest BCUT2D eigenvalue weighted by atomic mass is 127. The summed E-state index contributed by atoms with van der Waals surface area (Å²) in [5.41, 5.74) is 14.0. The largest absolute Gasteiger partial charge is 0.492 e. The number of Topliss-reactive ketones (excluding diaryl/α,β-unsaturated/α-hetero) is 4. The summed E-state index contributed by atoms with van der Waals surface area (Å²) in [6.45, 7) is 23.2. The molecule has 41 heteroatoms. The Morgan fingerprint density at radius 3 is 2.06 bits per heavy atom.